The molecule has 2 rings (SSSR count). The monoisotopic (exact) mass is 329 g/mol. The van der Waals surface area contributed by atoms with Gasteiger partial charge in [0.1, 0.15) is 5.60 Å². The minimum Gasteiger partial charge on any atom is -0.444 e. The normalized spacial score (nSPS) is 16.5. The number of halogens is 3. The lowest BCUT2D eigenvalue weighted by atomic mass is 9.90. The molecule has 1 aromatic rings. The van der Waals surface area contributed by atoms with Gasteiger partial charge in [0.15, 0.2) is 17.5 Å². The molecule has 1 aliphatic heterocycles. The number of nitrogens with zero attached hydrogens (tertiary/aromatic N) is 1. The van der Waals surface area contributed by atoms with E-state index in [9.17, 15) is 18.0 Å². The molecule has 1 aliphatic rings. The third-order valence-electron chi connectivity index (χ3n) is 3.83. The van der Waals surface area contributed by atoms with Gasteiger partial charge in [0.2, 0.25) is 0 Å². The molecule has 1 saturated heterocycles. The first-order valence-corrected chi connectivity index (χ1v) is 7.77. The van der Waals surface area contributed by atoms with Crippen LogP contribution in [0.5, 0.6) is 0 Å². The van der Waals surface area contributed by atoms with Crippen LogP contribution in [0.2, 0.25) is 0 Å². The van der Waals surface area contributed by atoms with Crippen LogP contribution in [0.4, 0.5) is 18.0 Å². The van der Waals surface area contributed by atoms with E-state index < -0.39 is 23.1 Å². The summed E-state index contributed by atoms with van der Waals surface area (Å²) in [4.78, 5) is 13.6. The highest BCUT2D eigenvalue weighted by atomic mass is 19.2. The van der Waals surface area contributed by atoms with E-state index in [1.165, 1.54) is 0 Å². The van der Waals surface area contributed by atoms with Gasteiger partial charge in [-0.2, -0.15) is 0 Å². The highest BCUT2D eigenvalue weighted by molar-refractivity contribution is 5.68. The van der Waals surface area contributed by atoms with E-state index in [0.29, 0.717) is 25.1 Å². The molecule has 1 heterocycles. The van der Waals surface area contributed by atoms with Crippen molar-refractivity contribution in [1.29, 1.82) is 0 Å². The van der Waals surface area contributed by atoms with Crippen molar-refractivity contribution in [3.8, 4) is 0 Å². The lowest BCUT2D eigenvalue weighted by Crippen LogP contribution is -2.42. The lowest BCUT2D eigenvalue weighted by molar-refractivity contribution is 0.0184. The van der Waals surface area contributed by atoms with E-state index in [2.05, 4.69) is 0 Å². The molecule has 0 unspecified atom stereocenters. The van der Waals surface area contributed by atoms with E-state index in [1.54, 1.807) is 4.90 Å². The lowest BCUT2D eigenvalue weighted by Gasteiger charge is -2.33. The summed E-state index contributed by atoms with van der Waals surface area (Å²) >= 11 is 0. The minimum absolute atomic E-state index is 0.206. The topological polar surface area (TPSA) is 29.5 Å². The number of hydrogen-bond donors (Lipinski definition) is 0. The summed E-state index contributed by atoms with van der Waals surface area (Å²) in [7, 11) is 0. The number of carbonyl (C=O) groups excluding carboxylic acids is 1. The van der Waals surface area contributed by atoms with E-state index >= 15 is 0 Å². The van der Waals surface area contributed by atoms with Gasteiger partial charge in [-0.15, -0.1) is 0 Å². The van der Waals surface area contributed by atoms with Crippen LogP contribution < -0.4 is 0 Å². The van der Waals surface area contributed by atoms with Crippen molar-refractivity contribution < 1.29 is 22.7 Å². The van der Waals surface area contributed by atoms with Crippen molar-refractivity contribution in [3.05, 3.63) is 35.1 Å². The van der Waals surface area contributed by atoms with Gasteiger partial charge >= 0.3 is 6.09 Å². The Morgan fingerprint density at radius 2 is 1.70 bits per heavy atom. The Kier molecular flexibility index (Phi) is 5.22. The number of rotatable bonds is 2. The fourth-order valence-electron chi connectivity index (χ4n) is 2.71. The van der Waals surface area contributed by atoms with Gasteiger partial charge in [-0.25, -0.2) is 18.0 Å². The number of piperidine rings is 1. The molecule has 23 heavy (non-hydrogen) atoms. The van der Waals surface area contributed by atoms with Gasteiger partial charge in [0, 0.05) is 13.1 Å². The van der Waals surface area contributed by atoms with Gasteiger partial charge in [0.05, 0.1) is 0 Å². The summed E-state index contributed by atoms with van der Waals surface area (Å²) in [6.07, 6.45) is 1.57. The summed E-state index contributed by atoms with van der Waals surface area (Å²) in [6, 6.07) is 2.08. The van der Waals surface area contributed by atoms with Crippen molar-refractivity contribution in [2.24, 2.45) is 5.92 Å². The van der Waals surface area contributed by atoms with Crippen molar-refractivity contribution in [2.75, 3.05) is 13.1 Å². The molecule has 0 aromatic heterocycles. The molecule has 0 atom stereocenters. The molecule has 6 heteroatoms. The molecule has 0 saturated carbocycles. The van der Waals surface area contributed by atoms with E-state index in [4.69, 9.17) is 4.74 Å². The quantitative estimate of drug-likeness (QED) is 0.757. The number of benzene rings is 1. The summed E-state index contributed by atoms with van der Waals surface area (Å²) in [5, 5.41) is 0. The van der Waals surface area contributed by atoms with E-state index in [0.717, 1.165) is 25.0 Å². The number of ether oxygens (including phenoxy) is 1. The van der Waals surface area contributed by atoms with Gasteiger partial charge in [0.25, 0.3) is 0 Å². The largest absolute Gasteiger partial charge is 0.444 e. The highest BCUT2D eigenvalue weighted by Gasteiger charge is 2.27. The number of hydrogen-bond acceptors (Lipinski definition) is 2. The smallest absolute Gasteiger partial charge is 0.410 e. The average Bonchev–Trinajstić information content (AvgIpc) is 2.43. The van der Waals surface area contributed by atoms with Crippen LogP contribution in [0.15, 0.2) is 12.1 Å². The zero-order valence-corrected chi connectivity index (χ0v) is 13.7. The molecule has 0 bridgehead atoms. The fourth-order valence-corrected chi connectivity index (χ4v) is 2.71. The van der Waals surface area contributed by atoms with Crippen molar-refractivity contribution in [2.45, 2.75) is 45.6 Å². The zero-order chi connectivity index (χ0) is 17.2. The number of amides is 1. The molecule has 1 amide bonds. The number of likely N-dealkylation sites (tertiary alicyclic amines) is 1. The molecule has 3 nitrogen and oxygen atoms in total. The Hall–Kier alpha value is -1.72. The molecule has 1 fully saturated rings. The Bertz CT molecular complexity index is 553. The summed E-state index contributed by atoms with van der Waals surface area (Å²) in [5.41, 5.74) is -0.0889. The van der Waals surface area contributed by atoms with E-state index in [-0.39, 0.29) is 12.0 Å². The van der Waals surface area contributed by atoms with E-state index in [1.807, 2.05) is 20.8 Å². The standard InChI is InChI=1S/C17H22F3NO2/c1-17(2,3)23-16(22)21-6-4-11(5-7-21)8-12-9-13(18)15(20)14(19)10-12/h9-11H,4-8H2,1-3H3. The molecule has 0 spiro atoms. The first-order chi connectivity index (χ1) is 10.7. The second-order valence-corrected chi connectivity index (χ2v) is 6.99. The van der Waals surface area contributed by atoms with Gasteiger partial charge < -0.3 is 9.64 Å². The molecule has 0 radical (unpaired) electrons. The Labute approximate surface area is 134 Å². The zero-order valence-electron chi connectivity index (χ0n) is 13.7. The molecular weight excluding hydrogens is 307 g/mol. The second-order valence-electron chi connectivity index (χ2n) is 6.99. The van der Waals surface area contributed by atoms with Gasteiger partial charge in [-0.1, -0.05) is 0 Å². The molecule has 0 aliphatic carbocycles. The maximum absolute atomic E-state index is 13.2. The summed E-state index contributed by atoms with van der Waals surface area (Å²) in [5.74, 6) is -3.55. The first-order valence-electron chi connectivity index (χ1n) is 7.77. The Morgan fingerprint density at radius 1 is 1.17 bits per heavy atom. The van der Waals surface area contributed by atoms with Crippen LogP contribution in [0.1, 0.15) is 39.2 Å². The maximum Gasteiger partial charge on any atom is 0.410 e. The summed E-state index contributed by atoms with van der Waals surface area (Å²) < 4.78 is 44.7. The molecular formula is C17H22F3NO2. The summed E-state index contributed by atoms with van der Waals surface area (Å²) in [6.45, 7) is 6.54. The van der Waals surface area contributed by atoms with Gasteiger partial charge in [-0.3, -0.25) is 0 Å². The SMILES string of the molecule is CC(C)(C)OC(=O)N1CCC(Cc2cc(F)c(F)c(F)c2)CC1. The van der Waals surface area contributed by atoms with Crippen LogP contribution in [0.3, 0.4) is 0 Å². The van der Waals surface area contributed by atoms with Crippen LogP contribution in [0, 0.1) is 23.4 Å². The van der Waals surface area contributed by atoms with Crippen molar-refractivity contribution in [1.82, 2.24) is 4.90 Å². The Morgan fingerprint density at radius 3 is 2.17 bits per heavy atom. The average molecular weight is 329 g/mol. The number of carbonyl (C=O) groups is 1. The van der Waals surface area contributed by atoms with Crippen molar-refractivity contribution in [3.63, 3.8) is 0 Å². The fraction of sp³-hybridized carbons (Fsp3) is 0.588. The van der Waals surface area contributed by atoms with Crippen molar-refractivity contribution >= 4 is 6.09 Å². The maximum atomic E-state index is 13.2. The highest BCUT2D eigenvalue weighted by Crippen LogP contribution is 2.24. The predicted octanol–water partition coefficient (Wildman–Crippen LogP) is 4.29. The predicted molar refractivity (Wildman–Crippen MR) is 80.6 cm³/mol. The van der Waals surface area contributed by atoms with Crippen LogP contribution >= 0.6 is 0 Å². The molecule has 1 aromatic carbocycles. The minimum atomic E-state index is -1.44. The van der Waals surface area contributed by atoms with Crippen LogP contribution in [-0.2, 0) is 11.2 Å². The molecule has 0 N–H and O–H groups in total. The van der Waals surface area contributed by atoms with Gasteiger partial charge in [-0.05, 0) is 63.6 Å². The first kappa shape index (κ1) is 17.6. The van der Waals surface area contributed by atoms with Crippen LogP contribution in [-0.4, -0.2) is 29.7 Å². The third kappa shape index (κ3) is 4.88. The van der Waals surface area contributed by atoms with Crippen LogP contribution in [0.25, 0.3) is 0 Å². The third-order valence-corrected chi connectivity index (χ3v) is 3.83. The second kappa shape index (κ2) is 6.81. The Balaban J connectivity index is 1.89. The molecule has 128 valence electrons.